The summed E-state index contributed by atoms with van der Waals surface area (Å²) in [6.07, 6.45) is 1.26. The van der Waals surface area contributed by atoms with Crippen molar-refractivity contribution in [3.63, 3.8) is 0 Å². The van der Waals surface area contributed by atoms with Crippen LogP contribution in [0.25, 0.3) is 0 Å². The molecule has 0 radical (unpaired) electrons. The van der Waals surface area contributed by atoms with Crippen LogP contribution < -0.4 is 10.6 Å². The summed E-state index contributed by atoms with van der Waals surface area (Å²) in [6, 6.07) is 5.56. The van der Waals surface area contributed by atoms with E-state index in [2.05, 4.69) is 10.6 Å². The second kappa shape index (κ2) is 5.61. The molecule has 1 aromatic rings. The fourth-order valence-corrected chi connectivity index (χ4v) is 3.04. The lowest BCUT2D eigenvalue weighted by Crippen LogP contribution is -2.45. The van der Waals surface area contributed by atoms with Crippen molar-refractivity contribution in [2.24, 2.45) is 0 Å². The molecule has 2 aliphatic rings. The number of benzene rings is 1. The minimum absolute atomic E-state index is 0.0832. The molecule has 3 rings (SSSR count). The van der Waals surface area contributed by atoms with Crippen molar-refractivity contribution in [2.45, 2.75) is 45.4 Å². The Bertz CT molecular complexity index is 786. The monoisotopic (exact) mass is 344 g/mol. The standard InChI is InChI=1S/C18H20N2O5/c1-17(2)13-10(8-20-16(17)23)6-5-7-12(13)19-9-11-14(21)24-18(3,4)25-15(11)22/h5-7,9,19H,8H2,1-4H3,(H,20,23). The number of fused-ring (bicyclic) bond motifs is 1. The normalized spacial score (nSPS) is 20.8. The number of amides is 1. The van der Waals surface area contributed by atoms with Crippen LogP contribution in [0.1, 0.15) is 38.8 Å². The van der Waals surface area contributed by atoms with Gasteiger partial charge in [0.25, 0.3) is 5.79 Å². The lowest BCUT2D eigenvalue weighted by atomic mass is 9.77. The highest BCUT2D eigenvalue weighted by atomic mass is 16.7. The molecular formula is C18H20N2O5. The zero-order valence-corrected chi connectivity index (χ0v) is 14.6. The first-order chi connectivity index (χ1) is 11.6. The molecule has 7 heteroatoms. The molecule has 2 N–H and O–H groups in total. The Morgan fingerprint density at radius 3 is 2.36 bits per heavy atom. The SMILES string of the molecule is CC1(C)OC(=O)C(=CNc2cccc3c2C(C)(C)C(=O)NC3)C(=O)O1. The van der Waals surface area contributed by atoms with E-state index in [1.165, 1.54) is 20.0 Å². The van der Waals surface area contributed by atoms with Gasteiger partial charge in [-0.25, -0.2) is 9.59 Å². The van der Waals surface area contributed by atoms with Gasteiger partial charge in [-0.2, -0.15) is 0 Å². The maximum atomic E-state index is 12.2. The molecule has 0 spiro atoms. The summed E-state index contributed by atoms with van der Waals surface area (Å²) in [5.41, 5.74) is 1.48. The van der Waals surface area contributed by atoms with Crippen LogP contribution in [0.4, 0.5) is 5.69 Å². The fraction of sp³-hybridized carbons (Fsp3) is 0.389. The molecule has 0 aliphatic carbocycles. The molecule has 0 saturated carbocycles. The number of anilines is 1. The Kier molecular flexibility index (Phi) is 3.82. The van der Waals surface area contributed by atoms with E-state index < -0.39 is 23.1 Å². The summed E-state index contributed by atoms with van der Waals surface area (Å²) in [6.45, 7) is 7.06. The number of hydrogen-bond acceptors (Lipinski definition) is 6. The molecule has 0 atom stereocenters. The van der Waals surface area contributed by atoms with Crippen molar-refractivity contribution in [1.82, 2.24) is 5.32 Å². The second-order valence-electron chi connectivity index (χ2n) is 7.03. The fourth-order valence-electron chi connectivity index (χ4n) is 3.04. The average molecular weight is 344 g/mol. The highest BCUT2D eigenvalue weighted by molar-refractivity contribution is 6.15. The van der Waals surface area contributed by atoms with Gasteiger partial charge in [0.05, 0.1) is 5.41 Å². The lowest BCUT2D eigenvalue weighted by molar-refractivity contribution is -0.222. The van der Waals surface area contributed by atoms with E-state index >= 15 is 0 Å². The Balaban J connectivity index is 1.94. The van der Waals surface area contributed by atoms with Gasteiger partial charge in [0.2, 0.25) is 5.91 Å². The van der Waals surface area contributed by atoms with E-state index in [1.807, 2.05) is 26.0 Å². The number of rotatable bonds is 2. The molecule has 132 valence electrons. The van der Waals surface area contributed by atoms with Crippen molar-refractivity contribution >= 4 is 23.5 Å². The Hall–Kier alpha value is -2.83. The Morgan fingerprint density at radius 1 is 1.08 bits per heavy atom. The van der Waals surface area contributed by atoms with Crippen LogP contribution >= 0.6 is 0 Å². The number of cyclic esters (lactones) is 2. The van der Waals surface area contributed by atoms with Crippen molar-refractivity contribution < 1.29 is 23.9 Å². The van der Waals surface area contributed by atoms with Gasteiger partial charge in [0.15, 0.2) is 5.57 Å². The van der Waals surface area contributed by atoms with E-state index in [0.717, 1.165) is 11.1 Å². The summed E-state index contributed by atoms with van der Waals surface area (Å²) in [5, 5.41) is 5.82. The highest BCUT2D eigenvalue weighted by Crippen LogP contribution is 2.36. The maximum absolute atomic E-state index is 12.2. The Morgan fingerprint density at radius 2 is 1.72 bits per heavy atom. The quantitative estimate of drug-likeness (QED) is 0.482. The van der Waals surface area contributed by atoms with Crippen LogP contribution in [0.15, 0.2) is 30.0 Å². The van der Waals surface area contributed by atoms with Crippen LogP contribution in [0.3, 0.4) is 0 Å². The highest BCUT2D eigenvalue weighted by Gasteiger charge is 2.40. The van der Waals surface area contributed by atoms with Crippen molar-refractivity contribution in [2.75, 3.05) is 5.32 Å². The molecule has 1 fully saturated rings. The number of nitrogens with one attached hydrogen (secondary N) is 2. The van der Waals surface area contributed by atoms with E-state index in [-0.39, 0.29) is 11.5 Å². The van der Waals surface area contributed by atoms with E-state index in [1.54, 1.807) is 6.07 Å². The number of esters is 2. The predicted octanol–water partition coefficient (Wildman–Crippen LogP) is 1.73. The minimum atomic E-state index is -1.28. The summed E-state index contributed by atoms with van der Waals surface area (Å²) < 4.78 is 10.1. The van der Waals surface area contributed by atoms with Gasteiger partial charge in [-0.05, 0) is 31.0 Å². The van der Waals surface area contributed by atoms with E-state index in [9.17, 15) is 14.4 Å². The zero-order chi connectivity index (χ0) is 18.4. The predicted molar refractivity (Wildman–Crippen MR) is 89.3 cm³/mol. The second-order valence-corrected chi connectivity index (χ2v) is 7.03. The van der Waals surface area contributed by atoms with Crippen molar-refractivity contribution in [3.8, 4) is 0 Å². The van der Waals surface area contributed by atoms with Crippen LogP contribution in [-0.4, -0.2) is 23.6 Å². The molecule has 7 nitrogen and oxygen atoms in total. The maximum Gasteiger partial charge on any atom is 0.350 e. The zero-order valence-electron chi connectivity index (χ0n) is 14.6. The minimum Gasteiger partial charge on any atom is -0.419 e. The molecule has 2 heterocycles. The van der Waals surface area contributed by atoms with Gasteiger partial charge < -0.3 is 20.1 Å². The molecule has 2 aliphatic heterocycles. The molecule has 1 aromatic carbocycles. The smallest absolute Gasteiger partial charge is 0.350 e. The molecule has 0 unspecified atom stereocenters. The van der Waals surface area contributed by atoms with Crippen molar-refractivity contribution in [1.29, 1.82) is 0 Å². The molecule has 0 bridgehead atoms. The van der Waals surface area contributed by atoms with Crippen molar-refractivity contribution in [3.05, 3.63) is 41.1 Å². The first-order valence-electron chi connectivity index (χ1n) is 7.96. The van der Waals surface area contributed by atoms with Crippen LogP contribution in [0.2, 0.25) is 0 Å². The first kappa shape index (κ1) is 17.0. The Labute approximate surface area is 145 Å². The lowest BCUT2D eigenvalue weighted by Gasteiger charge is -2.33. The topological polar surface area (TPSA) is 93.7 Å². The van der Waals surface area contributed by atoms with E-state index in [4.69, 9.17) is 9.47 Å². The van der Waals surface area contributed by atoms with Crippen LogP contribution in [0.5, 0.6) is 0 Å². The molecular weight excluding hydrogens is 324 g/mol. The van der Waals surface area contributed by atoms with Gasteiger partial charge in [-0.3, -0.25) is 4.79 Å². The third kappa shape index (κ3) is 2.97. The number of carbonyl (C=O) groups excluding carboxylic acids is 3. The third-order valence-corrected chi connectivity index (χ3v) is 4.27. The average Bonchev–Trinajstić information content (AvgIpc) is 2.49. The van der Waals surface area contributed by atoms with Gasteiger partial charge in [-0.15, -0.1) is 0 Å². The summed E-state index contributed by atoms with van der Waals surface area (Å²) >= 11 is 0. The largest absolute Gasteiger partial charge is 0.419 e. The summed E-state index contributed by atoms with van der Waals surface area (Å²) in [7, 11) is 0. The van der Waals surface area contributed by atoms with Gasteiger partial charge in [0.1, 0.15) is 0 Å². The van der Waals surface area contributed by atoms with Crippen LogP contribution in [-0.2, 0) is 35.8 Å². The third-order valence-electron chi connectivity index (χ3n) is 4.27. The van der Waals surface area contributed by atoms with Gasteiger partial charge in [0, 0.05) is 32.3 Å². The number of ether oxygens (including phenoxy) is 2. The first-order valence-corrected chi connectivity index (χ1v) is 7.96. The molecule has 1 saturated heterocycles. The number of carbonyl (C=O) groups is 3. The number of hydrogen-bond donors (Lipinski definition) is 2. The van der Waals surface area contributed by atoms with Gasteiger partial charge >= 0.3 is 11.9 Å². The summed E-state index contributed by atoms with van der Waals surface area (Å²) in [5.74, 6) is -2.87. The van der Waals surface area contributed by atoms with E-state index in [0.29, 0.717) is 12.2 Å². The van der Waals surface area contributed by atoms with Gasteiger partial charge in [-0.1, -0.05) is 12.1 Å². The summed E-state index contributed by atoms with van der Waals surface area (Å²) in [4.78, 5) is 36.2. The molecule has 25 heavy (non-hydrogen) atoms. The van der Waals surface area contributed by atoms with Crippen LogP contribution in [0, 0.1) is 0 Å². The molecule has 1 amide bonds. The molecule has 0 aromatic heterocycles.